The molecule has 5 nitrogen and oxygen atoms in total. The van der Waals surface area contributed by atoms with Gasteiger partial charge in [-0.3, -0.25) is 4.79 Å². The van der Waals surface area contributed by atoms with Gasteiger partial charge in [0.1, 0.15) is 0 Å². The summed E-state index contributed by atoms with van der Waals surface area (Å²) in [6.07, 6.45) is 1.92. The lowest BCUT2D eigenvalue weighted by Crippen LogP contribution is -2.38. The predicted molar refractivity (Wildman–Crippen MR) is 112 cm³/mol. The molecule has 0 saturated carbocycles. The zero-order valence-corrected chi connectivity index (χ0v) is 16.6. The summed E-state index contributed by atoms with van der Waals surface area (Å²) in [5.41, 5.74) is 1.51. The fraction of sp³-hybridized carbons (Fsp3) is 0.167. The first-order valence-corrected chi connectivity index (χ1v) is 9.29. The van der Waals surface area contributed by atoms with Crippen molar-refractivity contribution < 1.29 is 23.6 Å². The molecular formula is C24H22NO4+. The van der Waals surface area contributed by atoms with Crippen molar-refractivity contribution in [3.8, 4) is 17.2 Å². The molecule has 1 aromatic heterocycles. The van der Waals surface area contributed by atoms with Crippen molar-refractivity contribution >= 4 is 27.5 Å². The average molecular weight is 388 g/mol. The Bertz CT molecular complexity index is 1190. The number of nitrogens with zero attached hydrogens (tertiary/aromatic N) is 1. The average Bonchev–Trinajstić information content (AvgIpc) is 2.77. The Kier molecular flexibility index (Phi) is 5.04. The fourth-order valence-corrected chi connectivity index (χ4v) is 3.66. The van der Waals surface area contributed by atoms with E-state index in [1.165, 1.54) is 32.1 Å². The Morgan fingerprint density at radius 3 is 2.21 bits per heavy atom. The number of Topliss-reactive ketones (excluding diaryl/α,β-unsaturated/α-hetero) is 1. The minimum atomic E-state index is -0.0464. The van der Waals surface area contributed by atoms with Gasteiger partial charge >= 0.3 is 0 Å². The number of benzene rings is 3. The molecule has 4 rings (SSSR count). The molecule has 4 aromatic rings. The molecule has 0 atom stereocenters. The minimum absolute atomic E-state index is 0.0464. The lowest BCUT2D eigenvalue weighted by atomic mass is 10.0. The van der Waals surface area contributed by atoms with Crippen LogP contribution >= 0.6 is 0 Å². The number of pyridine rings is 1. The van der Waals surface area contributed by atoms with Crippen molar-refractivity contribution in [2.45, 2.75) is 6.54 Å². The number of carbonyl (C=O) groups excluding carboxylic acids is 1. The maximum absolute atomic E-state index is 13.1. The van der Waals surface area contributed by atoms with Gasteiger partial charge in [0, 0.05) is 17.7 Å². The van der Waals surface area contributed by atoms with E-state index in [1.807, 2.05) is 29.0 Å². The molecule has 0 saturated heterocycles. The third-order valence-corrected chi connectivity index (χ3v) is 5.09. The van der Waals surface area contributed by atoms with Crippen molar-refractivity contribution in [3.05, 3.63) is 72.4 Å². The van der Waals surface area contributed by atoms with Crippen molar-refractivity contribution in [1.29, 1.82) is 0 Å². The molecule has 0 amide bonds. The smallest absolute Gasteiger partial charge is 0.227 e. The first kappa shape index (κ1) is 18.7. The van der Waals surface area contributed by atoms with Crippen LogP contribution in [0.25, 0.3) is 21.7 Å². The third kappa shape index (κ3) is 3.36. The lowest BCUT2D eigenvalue weighted by molar-refractivity contribution is -0.657. The number of carbonyl (C=O) groups is 1. The van der Waals surface area contributed by atoms with Gasteiger partial charge in [0.2, 0.25) is 23.6 Å². The van der Waals surface area contributed by atoms with Gasteiger partial charge in [0.25, 0.3) is 0 Å². The first-order chi connectivity index (χ1) is 14.2. The summed E-state index contributed by atoms with van der Waals surface area (Å²) in [4.78, 5) is 13.1. The second-order valence-electron chi connectivity index (χ2n) is 6.69. The van der Waals surface area contributed by atoms with Crippen molar-refractivity contribution in [2.24, 2.45) is 0 Å². The van der Waals surface area contributed by atoms with Crippen LogP contribution in [-0.4, -0.2) is 27.1 Å². The number of methoxy groups -OCH3 is 3. The summed E-state index contributed by atoms with van der Waals surface area (Å²) in [5.74, 6) is 1.35. The summed E-state index contributed by atoms with van der Waals surface area (Å²) in [6.45, 7) is 0.203. The molecule has 5 heteroatoms. The van der Waals surface area contributed by atoms with Crippen molar-refractivity contribution in [1.82, 2.24) is 0 Å². The SMILES string of the molecule is COc1cc(C(=O)C[n+]2cccc3c4ccccc4ccc32)cc(OC)c1OC. The number of aromatic nitrogens is 1. The van der Waals surface area contributed by atoms with Crippen LogP contribution in [0, 0.1) is 0 Å². The largest absolute Gasteiger partial charge is 0.493 e. The highest BCUT2D eigenvalue weighted by molar-refractivity contribution is 6.05. The van der Waals surface area contributed by atoms with Gasteiger partial charge in [-0.2, -0.15) is 4.57 Å². The number of fused-ring (bicyclic) bond motifs is 3. The Labute approximate surface area is 169 Å². The molecule has 0 aliphatic heterocycles. The number of rotatable bonds is 6. The van der Waals surface area contributed by atoms with E-state index in [-0.39, 0.29) is 12.3 Å². The van der Waals surface area contributed by atoms with Gasteiger partial charge in [-0.05, 0) is 35.0 Å². The Morgan fingerprint density at radius 2 is 1.52 bits per heavy atom. The first-order valence-electron chi connectivity index (χ1n) is 9.29. The maximum Gasteiger partial charge on any atom is 0.227 e. The molecule has 0 bridgehead atoms. The molecule has 0 unspecified atom stereocenters. The fourth-order valence-electron chi connectivity index (χ4n) is 3.66. The summed E-state index contributed by atoms with van der Waals surface area (Å²) in [7, 11) is 4.62. The number of hydrogen-bond donors (Lipinski definition) is 0. The van der Waals surface area contributed by atoms with E-state index >= 15 is 0 Å². The molecule has 29 heavy (non-hydrogen) atoms. The second-order valence-corrected chi connectivity index (χ2v) is 6.69. The van der Waals surface area contributed by atoms with Crippen LogP contribution in [0.15, 0.2) is 66.9 Å². The van der Waals surface area contributed by atoms with Crippen LogP contribution in [0.5, 0.6) is 17.2 Å². The monoisotopic (exact) mass is 388 g/mol. The quantitative estimate of drug-likeness (QED) is 0.282. The van der Waals surface area contributed by atoms with Crippen LogP contribution < -0.4 is 18.8 Å². The van der Waals surface area contributed by atoms with E-state index in [0.717, 1.165) is 10.9 Å². The van der Waals surface area contributed by atoms with E-state index in [9.17, 15) is 4.79 Å². The highest BCUT2D eigenvalue weighted by Gasteiger charge is 2.21. The van der Waals surface area contributed by atoms with Crippen molar-refractivity contribution in [2.75, 3.05) is 21.3 Å². The van der Waals surface area contributed by atoms with E-state index in [2.05, 4.69) is 30.3 Å². The Hall–Kier alpha value is -3.60. The van der Waals surface area contributed by atoms with E-state index in [1.54, 1.807) is 12.1 Å². The zero-order chi connectivity index (χ0) is 20.4. The van der Waals surface area contributed by atoms with Crippen LogP contribution in [0.4, 0.5) is 0 Å². The molecule has 1 heterocycles. The van der Waals surface area contributed by atoms with Crippen LogP contribution in [-0.2, 0) is 6.54 Å². The summed E-state index contributed by atoms with van der Waals surface area (Å²) in [6, 6.07) is 19.8. The number of hydrogen-bond acceptors (Lipinski definition) is 4. The normalized spacial score (nSPS) is 10.9. The zero-order valence-electron chi connectivity index (χ0n) is 16.6. The van der Waals surface area contributed by atoms with Crippen LogP contribution in [0.3, 0.4) is 0 Å². The topological polar surface area (TPSA) is 48.6 Å². The number of ketones is 1. The highest BCUT2D eigenvalue weighted by Crippen LogP contribution is 2.38. The van der Waals surface area contributed by atoms with Gasteiger partial charge in [-0.15, -0.1) is 0 Å². The molecule has 0 aliphatic rings. The molecular weight excluding hydrogens is 366 g/mol. The summed E-state index contributed by atoms with van der Waals surface area (Å²) < 4.78 is 18.1. The van der Waals surface area contributed by atoms with E-state index in [4.69, 9.17) is 14.2 Å². The molecule has 0 aliphatic carbocycles. The molecule has 0 N–H and O–H groups in total. The third-order valence-electron chi connectivity index (χ3n) is 5.09. The molecule has 3 aromatic carbocycles. The molecule has 0 radical (unpaired) electrons. The minimum Gasteiger partial charge on any atom is -0.493 e. The van der Waals surface area contributed by atoms with Crippen molar-refractivity contribution in [3.63, 3.8) is 0 Å². The van der Waals surface area contributed by atoms with Gasteiger partial charge in [-0.1, -0.05) is 24.3 Å². The number of ether oxygens (including phenoxy) is 3. The van der Waals surface area contributed by atoms with Gasteiger partial charge in [0.15, 0.2) is 17.7 Å². The molecule has 146 valence electrons. The molecule has 0 fully saturated rings. The predicted octanol–water partition coefficient (Wildman–Crippen LogP) is 4.19. The van der Waals surface area contributed by atoms with Gasteiger partial charge in [-0.25, -0.2) is 0 Å². The van der Waals surface area contributed by atoms with E-state index in [0.29, 0.717) is 22.8 Å². The second kappa shape index (κ2) is 7.80. The van der Waals surface area contributed by atoms with Gasteiger partial charge in [0.05, 0.1) is 26.7 Å². The maximum atomic E-state index is 13.1. The highest BCUT2D eigenvalue weighted by atomic mass is 16.5. The summed E-state index contributed by atoms with van der Waals surface area (Å²) in [5, 5.41) is 3.46. The Morgan fingerprint density at radius 1 is 0.828 bits per heavy atom. The van der Waals surface area contributed by atoms with Gasteiger partial charge < -0.3 is 14.2 Å². The Balaban J connectivity index is 1.76. The molecule has 0 spiro atoms. The van der Waals surface area contributed by atoms with Crippen LogP contribution in [0.1, 0.15) is 10.4 Å². The van der Waals surface area contributed by atoms with E-state index < -0.39 is 0 Å². The standard InChI is InChI=1S/C24H22NO4/c1-27-22-13-17(14-23(28-2)24(22)29-3)21(26)15-25-12-6-9-19-18-8-5-4-7-16(18)10-11-20(19)25/h4-14H,15H2,1-3H3/q+1. The van der Waals surface area contributed by atoms with Crippen LogP contribution in [0.2, 0.25) is 0 Å². The lowest BCUT2D eigenvalue weighted by Gasteiger charge is -2.13. The summed E-state index contributed by atoms with van der Waals surface area (Å²) >= 11 is 0.